The molecular weight excluding hydrogens is 390 g/mol. The lowest BCUT2D eigenvalue weighted by atomic mass is 10.2. The van der Waals surface area contributed by atoms with Crippen molar-refractivity contribution in [1.82, 2.24) is 9.88 Å². The Morgan fingerprint density at radius 2 is 2.14 bits per heavy atom. The molecule has 7 nitrogen and oxygen atoms in total. The number of anilines is 1. The van der Waals surface area contributed by atoms with Crippen molar-refractivity contribution < 1.29 is 19.1 Å². The minimum absolute atomic E-state index is 0.0477. The van der Waals surface area contributed by atoms with Crippen molar-refractivity contribution in [3.05, 3.63) is 42.1 Å². The Morgan fingerprint density at radius 3 is 2.86 bits per heavy atom. The molecule has 0 aliphatic carbocycles. The molecule has 0 unspecified atom stereocenters. The zero-order valence-electron chi connectivity index (χ0n) is 16.6. The van der Waals surface area contributed by atoms with Gasteiger partial charge < -0.3 is 19.7 Å². The van der Waals surface area contributed by atoms with Crippen LogP contribution in [-0.2, 0) is 9.59 Å². The number of carbonyl (C=O) groups is 2. The normalized spacial score (nSPS) is 23.1. The quantitative estimate of drug-likeness (QED) is 0.807. The average Bonchev–Trinajstić information content (AvgIpc) is 3.20. The zero-order chi connectivity index (χ0) is 20.6. The molecule has 2 saturated heterocycles. The van der Waals surface area contributed by atoms with Crippen molar-refractivity contribution in [2.24, 2.45) is 0 Å². The van der Waals surface area contributed by atoms with E-state index in [1.165, 1.54) is 0 Å². The molecule has 2 aromatic rings. The smallest absolute Gasteiger partial charge is 0.248 e. The van der Waals surface area contributed by atoms with Gasteiger partial charge in [-0.15, -0.1) is 11.8 Å². The summed E-state index contributed by atoms with van der Waals surface area (Å²) in [4.78, 5) is 30.7. The highest BCUT2D eigenvalue weighted by atomic mass is 32.2. The molecule has 2 atom stereocenters. The summed E-state index contributed by atoms with van der Waals surface area (Å²) in [5.74, 6) is 2.05. The van der Waals surface area contributed by atoms with Crippen molar-refractivity contribution in [1.29, 1.82) is 0 Å². The Morgan fingerprint density at radius 1 is 1.31 bits per heavy atom. The Bertz CT molecular complexity index is 949. The predicted octanol–water partition coefficient (Wildman–Crippen LogP) is 3.58. The number of rotatable bonds is 5. The average molecular weight is 413 g/mol. The molecule has 2 aliphatic heterocycles. The maximum Gasteiger partial charge on any atom is 0.248 e. The van der Waals surface area contributed by atoms with Crippen LogP contribution in [0.1, 0.15) is 25.3 Å². The SMILES string of the molecule is COc1cc(C)ccc1Oc1ccc(NC(=O)[C@@H]2CS[C@]3(C)CCC(=O)N23)cn1. The third-order valence-corrected chi connectivity index (χ3v) is 6.79. The standard InChI is InChI=1S/C21H23N3O4S/c1-13-4-6-16(17(10-13)27-3)28-18-7-5-14(11-22-18)23-20(26)15-12-29-21(2)9-8-19(25)24(15)21/h4-7,10-11,15H,8-9,12H2,1-3H3,(H,23,26)/t15-,21+/m0/s1. The highest BCUT2D eigenvalue weighted by Crippen LogP contribution is 2.47. The molecule has 2 aliphatic rings. The number of fused-ring (bicyclic) bond motifs is 1. The van der Waals surface area contributed by atoms with Crippen LogP contribution in [0.2, 0.25) is 0 Å². The molecule has 4 rings (SSSR count). The van der Waals surface area contributed by atoms with E-state index in [0.717, 1.165) is 12.0 Å². The van der Waals surface area contributed by atoms with E-state index < -0.39 is 6.04 Å². The number of nitrogens with zero attached hydrogens (tertiary/aromatic N) is 2. The van der Waals surface area contributed by atoms with E-state index in [2.05, 4.69) is 10.3 Å². The first-order valence-corrected chi connectivity index (χ1v) is 10.4. The molecule has 152 valence electrons. The van der Waals surface area contributed by atoms with E-state index in [1.54, 1.807) is 42.1 Å². The number of hydrogen-bond acceptors (Lipinski definition) is 6. The summed E-state index contributed by atoms with van der Waals surface area (Å²) >= 11 is 1.67. The number of amides is 2. The number of hydrogen-bond donors (Lipinski definition) is 1. The first kappa shape index (κ1) is 19.6. The molecule has 29 heavy (non-hydrogen) atoms. The third-order valence-electron chi connectivity index (χ3n) is 5.29. The van der Waals surface area contributed by atoms with Gasteiger partial charge in [0.25, 0.3) is 0 Å². The Kier molecular flexibility index (Phi) is 5.12. The number of thioether (sulfide) groups is 1. The van der Waals surface area contributed by atoms with Gasteiger partial charge in [0.05, 0.1) is 23.9 Å². The second kappa shape index (κ2) is 7.59. The zero-order valence-corrected chi connectivity index (χ0v) is 17.4. The van der Waals surface area contributed by atoms with E-state index in [-0.39, 0.29) is 16.7 Å². The van der Waals surface area contributed by atoms with Gasteiger partial charge in [0.15, 0.2) is 11.5 Å². The summed E-state index contributed by atoms with van der Waals surface area (Å²) in [6.07, 6.45) is 2.83. The molecule has 8 heteroatoms. The summed E-state index contributed by atoms with van der Waals surface area (Å²) in [5.41, 5.74) is 1.63. The maximum atomic E-state index is 12.7. The lowest BCUT2D eigenvalue weighted by Gasteiger charge is -2.29. The van der Waals surface area contributed by atoms with Gasteiger partial charge in [-0.05, 0) is 44.0 Å². The fraction of sp³-hybridized carbons (Fsp3) is 0.381. The third kappa shape index (κ3) is 3.76. The molecule has 3 heterocycles. The van der Waals surface area contributed by atoms with Gasteiger partial charge in [0.1, 0.15) is 6.04 Å². The van der Waals surface area contributed by atoms with E-state index in [4.69, 9.17) is 9.47 Å². The highest BCUT2D eigenvalue weighted by Gasteiger charge is 2.52. The summed E-state index contributed by atoms with van der Waals surface area (Å²) in [6, 6.07) is 8.61. The van der Waals surface area contributed by atoms with Gasteiger partial charge in [-0.1, -0.05) is 6.07 Å². The van der Waals surface area contributed by atoms with Crippen molar-refractivity contribution in [3.8, 4) is 17.4 Å². The number of aryl methyl sites for hydroxylation is 1. The Labute approximate surface area is 173 Å². The molecule has 0 spiro atoms. The first-order chi connectivity index (χ1) is 13.9. The summed E-state index contributed by atoms with van der Waals surface area (Å²) in [7, 11) is 1.59. The number of nitrogens with one attached hydrogen (secondary N) is 1. The van der Waals surface area contributed by atoms with E-state index in [0.29, 0.717) is 35.2 Å². The molecule has 1 aromatic carbocycles. The maximum absolute atomic E-state index is 12.7. The Balaban J connectivity index is 1.42. The van der Waals surface area contributed by atoms with Gasteiger partial charge >= 0.3 is 0 Å². The number of benzene rings is 1. The van der Waals surface area contributed by atoms with Gasteiger partial charge in [-0.2, -0.15) is 0 Å². The minimum atomic E-state index is -0.451. The number of aromatic nitrogens is 1. The fourth-order valence-electron chi connectivity index (χ4n) is 3.73. The van der Waals surface area contributed by atoms with Gasteiger partial charge in [-0.3, -0.25) is 9.59 Å². The van der Waals surface area contributed by atoms with Crippen LogP contribution in [-0.4, -0.2) is 45.5 Å². The van der Waals surface area contributed by atoms with Crippen molar-refractivity contribution >= 4 is 29.3 Å². The van der Waals surface area contributed by atoms with Gasteiger partial charge in [0.2, 0.25) is 17.7 Å². The van der Waals surface area contributed by atoms with Gasteiger partial charge in [-0.25, -0.2) is 4.98 Å². The second-order valence-corrected chi connectivity index (χ2v) is 8.90. The predicted molar refractivity (Wildman–Crippen MR) is 111 cm³/mol. The van der Waals surface area contributed by atoms with Crippen molar-refractivity contribution in [2.45, 2.75) is 37.6 Å². The summed E-state index contributed by atoms with van der Waals surface area (Å²) in [6.45, 7) is 4.01. The number of pyridine rings is 1. The molecule has 1 aromatic heterocycles. The molecule has 0 saturated carbocycles. The van der Waals surface area contributed by atoms with Crippen LogP contribution in [0, 0.1) is 6.92 Å². The minimum Gasteiger partial charge on any atom is -0.493 e. The fourth-order valence-corrected chi connectivity index (χ4v) is 5.16. The van der Waals surface area contributed by atoms with E-state index in [1.807, 2.05) is 32.0 Å². The van der Waals surface area contributed by atoms with Gasteiger partial charge in [0, 0.05) is 18.2 Å². The molecule has 0 radical (unpaired) electrons. The van der Waals surface area contributed by atoms with Crippen LogP contribution in [0.25, 0.3) is 0 Å². The summed E-state index contributed by atoms with van der Waals surface area (Å²) < 4.78 is 11.1. The molecule has 1 N–H and O–H groups in total. The van der Waals surface area contributed by atoms with E-state index in [9.17, 15) is 9.59 Å². The van der Waals surface area contributed by atoms with Crippen LogP contribution in [0.4, 0.5) is 5.69 Å². The van der Waals surface area contributed by atoms with Crippen molar-refractivity contribution in [3.63, 3.8) is 0 Å². The number of carbonyl (C=O) groups excluding carboxylic acids is 2. The highest BCUT2D eigenvalue weighted by molar-refractivity contribution is 8.01. The molecule has 0 bridgehead atoms. The lowest BCUT2D eigenvalue weighted by Crippen LogP contribution is -2.48. The van der Waals surface area contributed by atoms with Crippen LogP contribution in [0.3, 0.4) is 0 Å². The van der Waals surface area contributed by atoms with E-state index >= 15 is 0 Å². The molecule has 2 amide bonds. The lowest BCUT2D eigenvalue weighted by molar-refractivity contribution is -0.135. The van der Waals surface area contributed by atoms with Crippen molar-refractivity contribution in [2.75, 3.05) is 18.2 Å². The second-order valence-electron chi connectivity index (χ2n) is 7.40. The largest absolute Gasteiger partial charge is 0.493 e. The van der Waals surface area contributed by atoms with Crippen LogP contribution >= 0.6 is 11.8 Å². The topological polar surface area (TPSA) is 80.8 Å². The monoisotopic (exact) mass is 413 g/mol. The van der Waals surface area contributed by atoms with Crippen LogP contribution in [0.5, 0.6) is 17.4 Å². The van der Waals surface area contributed by atoms with Crippen LogP contribution in [0.15, 0.2) is 36.5 Å². The first-order valence-electron chi connectivity index (χ1n) is 9.45. The molecular formula is C21H23N3O4S. The Hall–Kier alpha value is -2.74. The molecule has 2 fully saturated rings. The number of ether oxygens (including phenoxy) is 2. The number of methoxy groups -OCH3 is 1. The van der Waals surface area contributed by atoms with Crippen LogP contribution < -0.4 is 14.8 Å². The summed E-state index contributed by atoms with van der Waals surface area (Å²) in [5, 5.41) is 2.87.